The maximum Gasteiger partial charge on any atom is 0.307 e. The lowest BCUT2D eigenvalue weighted by Crippen LogP contribution is -2.14. The van der Waals surface area contributed by atoms with E-state index in [1.807, 2.05) is 49.4 Å². The van der Waals surface area contributed by atoms with Gasteiger partial charge in [0.05, 0.1) is 24.4 Å². The minimum Gasteiger partial charge on any atom is -0.490 e. The van der Waals surface area contributed by atoms with Gasteiger partial charge in [-0.3, -0.25) is 9.78 Å². The Morgan fingerprint density at radius 3 is 2.71 bits per heavy atom. The highest BCUT2D eigenvalue weighted by molar-refractivity contribution is 5.80. The number of aliphatic carboxylic acids is 1. The largest absolute Gasteiger partial charge is 0.490 e. The fraction of sp³-hybridized carbons (Fsp3) is 0.200. The second kappa shape index (κ2) is 9.37. The summed E-state index contributed by atoms with van der Waals surface area (Å²) in [6.07, 6.45) is 4.77. The molecule has 1 aliphatic heterocycles. The molecule has 0 saturated carbocycles. The number of carboxylic acids is 1. The number of hydrogen-bond acceptors (Lipinski definition) is 5. The number of fused-ring (bicyclic) bond motifs is 2. The normalized spacial score (nSPS) is 12.8. The molecule has 1 aliphatic rings. The SMILES string of the molecule is Cc1nc2cc(-c3cccc(-c4cccnc4)c3)nn2c(-c2cc(F)c3c(c2C)CCCO3)c1CC(=O)O. The van der Waals surface area contributed by atoms with Gasteiger partial charge in [-0.25, -0.2) is 13.9 Å². The molecule has 0 aliphatic carbocycles. The first kappa shape index (κ1) is 23.8. The Bertz CT molecular complexity index is 1710. The molecule has 0 saturated heterocycles. The minimum absolute atomic E-state index is 0.259. The lowest BCUT2D eigenvalue weighted by Gasteiger charge is -2.23. The van der Waals surface area contributed by atoms with Gasteiger partial charge in [0.2, 0.25) is 0 Å². The molecule has 4 heterocycles. The fourth-order valence-corrected chi connectivity index (χ4v) is 5.23. The maximum absolute atomic E-state index is 15.3. The zero-order chi connectivity index (χ0) is 26.4. The molecule has 6 rings (SSSR count). The van der Waals surface area contributed by atoms with Crippen LogP contribution >= 0.6 is 0 Å². The Morgan fingerprint density at radius 2 is 1.92 bits per heavy atom. The lowest BCUT2D eigenvalue weighted by atomic mass is 9.91. The summed E-state index contributed by atoms with van der Waals surface area (Å²) in [5.74, 6) is -1.17. The summed E-state index contributed by atoms with van der Waals surface area (Å²) in [6.45, 7) is 4.19. The van der Waals surface area contributed by atoms with Gasteiger partial charge in [0.15, 0.2) is 17.2 Å². The number of carbonyl (C=O) groups is 1. The van der Waals surface area contributed by atoms with E-state index in [1.54, 1.807) is 23.8 Å². The Morgan fingerprint density at radius 1 is 1.11 bits per heavy atom. The van der Waals surface area contributed by atoms with E-state index in [4.69, 9.17) is 9.84 Å². The molecule has 2 aromatic carbocycles. The lowest BCUT2D eigenvalue weighted by molar-refractivity contribution is -0.136. The van der Waals surface area contributed by atoms with Crippen molar-refractivity contribution in [1.82, 2.24) is 19.6 Å². The number of halogens is 1. The molecule has 0 amide bonds. The summed E-state index contributed by atoms with van der Waals surface area (Å²) in [7, 11) is 0. The van der Waals surface area contributed by atoms with E-state index in [0.717, 1.165) is 34.2 Å². The van der Waals surface area contributed by atoms with Crippen LogP contribution in [-0.4, -0.2) is 37.3 Å². The highest BCUT2D eigenvalue weighted by Crippen LogP contribution is 2.39. The summed E-state index contributed by atoms with van der Waals surface area (Å²) >= 11 is 0. The van der Waals surface area contributed by atoms with Crippen molar-refractivity contribution in [3.8, 4) is 39.4 Å². The van der Waals surface area contributed by atoms with E-state index in [9.17, 15) is 9.90 Å². The van der Waals surface area contributed by atoms with Crippen molar-refractivity contribution in [3.63, 3.8) is 0 Å². The molecule has 0 unspecified atom stereocenters. The van der Waals surface area contributed by atoms with E-state index >= 15 is 4.39 Å². The molecule has 38 heavy (non-hydrogen) atoms. The molecule has 1 N–H and O–H groups in total. The third-order valence-electron chi connectivity index (χ3n) is 7.08. The predicted molar refractivity (Wildman–Crippen MR) is 142 cm³/mol. The zero-order valence-electron chi connectivity index (χ0n) is 21.0. The van der Waals surface area contributed by atoms with Crippen LogP contribution < -0.4 is 4.74 Å². The van der Waals surface area contributed by atoms with Crippen LogP contribution in [0.3, 0.4) is 0 Å². The monoisotopic (exact) mass is 508 g/mol. The van der Waals surface area contributed by atoms with Crippen molar-refractivity contribution in [3.05, 3.63) is 89.1 Å². The first-order valence-corrected chi connectivity index (χ1v) is 12.5. The number of pyridine rings is 1. The molecule has 5 aromatic rings. The summed E-state index contributed by atoms with van der Waals surface area (Å²) in [4.78, 5) is 20.8. The van der Waals surface area contributed by atoms with Gasteiger partial charge in [-0.2, -0.15) is 5.10 Å². The number of aromatic nitrogens is 4. The van der Waals surface area contributed by atoms with Crippen LogP contribution in [0.25, 0.3) is 39.3 Å². The van der Waals surface area contributed by atoms with Gasteiger partial charge >= 0.3 is 5.97 Å². The third-order valence-corrected chi connectivity index (χ3v) is 7.08. The average Bonchev–Trinajstić information content (AvgIpc) is 3.35. The van der Waals surface area contributed by atoms with Gasteiger partial charge in [-0.05, 0) is 56.0 Å². The number of aryl methyl sites for hydroxylation is 1. The van der Waals surface area contributed by atoms with Gasteiger partial charge < -0.3 is 9.84 Å². The molecule has 0 radical (unpaired) electrons. The first-order valence-electron chi connectivity index (χ1n) is 12.5. The highest BCUT2D eigenvalue weighted by Gasteiger charge is 2.26. The second-order valence-corrected chi connectivity index (χ2v) is 9.51. The minimum atomic E-state index is -0.994. The number of hydrogen-bond donors (Lipinski definition) is 1. The quantitative estimate of drug-likeness (QED) is 0.321. The number of carboxylic acid groups (broad SMARTS) is 1. The Hall–Kier alpha value is -4.59. The van der Waals surface area contributed by atoms with E-state index < -0.39 is 11.8 Å². The van der Waals surface area contributed by atoms with Crippen LogP contribution in [-0.2, 0) is 17.6 Å². The molecule has 190 valence electrons. The van der Waals surface area contributed by atoms with Crippen molar-refractivity contribution < 1.29 is 19.0 Å². The molecule has 0 fully saturated rings. The predicted octanol–water partition coefficient (Wildman–Crippen LogP) is 5.83. The number of nitrogens with zero attached hydrogens (tertiary/aromatic N) is 4. The van der Waals surface area contributed by atoms with Crippen molar-refractivity contribution >= 4 is 11.6 Å². The molecule has 3 aromatic heterocycles. The molecular formula is C30H25FN4O3. The van der Waals surface area contributed by atoms with Gasteiger partial charge in [0.25, 0.3) is 0 Å². The first-order chi connectivity index (χ1) is 18.4. The van der Waals surface area contributed by atoms with Gasteiger partial charge in [0.1, 0.15) is 0 Å². The molecule has 7 nitrogen and oxygen atoms in total. The van der Waals surface area contributed by atoms with Crippen molar-refractivity contribution in [1.29, 1.82) is 0 Å². The van der Waals surface area contributed by atoms with E-state index in [1.165, 1.54) is 6.07 Å². The summed E-state index contributed by atoms with van der Waals surface area (Å²) < 4.78 is 22.6. The van der Waals surface area contributed by atoms with Crippen molar-refractivity contribution in [2.45, 2.75) is 33.1 Å². The van der Waals surface area contributed by atoms with E-state index in [2.05, 4.69) is 9.97 Å². The fourth-order valence-electron chi connectivity index (χ4n) is 5.23. The Labute approximate surface area is 218 Å². The van der Waals surface area contributed by atoms with Gasteiger partial charge in [0, 0.05) is 52.0 Å². The average molecular weight is 509 g/mol. The van der Waals surface area contributed by atoms with Crippen LogP contribution in [0.15, 0.2) is 60.9 Å². The molecular weight excluding hydrogens is 483 g/mol. The van der Waals surface area contributed by atoms with Crippen LogP contribution in [0.5, 0.6) is 5.75 Å². The number of benzene rings is 2. The van der Waals surface area contributed by atoms with Crippen molar-refractivity contribution in [2.24, 2.45) is 0 Å². The molecule has 0 atom stereocenters. The van der Waals surface area contributed by atoms with E-state index in [-0.39, 0.29) is 12.2 Å². The van der Waals surface area contributed by atoms with Crippen LogP contribution in [0.2, 0.25) is 0 Å². The van der Waals surface area contributed by atoms with Gasteiger partial charge in [-0.15, -0.1) is 0 Å². The smallest absolute Gasteiger partial charge is 0.307 e. The van der Waals surface area contributed by atoms with Crippen LogP contribution in [0.1, 0.15) is 28.8 Å². The Balaban J connectivity index is 1.58. The molecule has 0 spiro atoms. The summed E-state index contributed by atoms with van der Waals surface area (Å²) in [5.41, 5.74) is 7.96. The third kappa shape index (κ3) is 4.08. The van der Waals surface area contributed by atoms with Crippen molar-refractivity contribution in [2.75, 3.05) is 6.61 Å². The van der Waals surface area contributed by atoms with Gasteiger partial charge in [-0.1, -0.05) is 24.3 Å². The topological polar surface area (TPSA) is 89.6 Å². The summed E-state index contributed by atoms with van der Waals surface area (Å²) in [6, 6.07) is 15.2. The van der Waals surface area contributed by atoms with Crippen LogP contribution in [0.4, 0.5) is 4.39 Å². The second-order valence-electron chi connectivity index (χ2n) is 9.51. The molecule has 0 bridgehead atoms. The molecule has 8 heteroatoms. The number of ether oxygens (including phenoxy) is 1. The Kier molecular flexibility index (Phi) is 5.87. The standard InChI is InChI=1S/C30H25FN4O3/c1-17-22-9-5-11-38-30(22)25(31)13-23(17)29-24(14-28(36)37)18(2)33-27-15-26(34-35(27)29)20-7-3-6-19(12-20)21-8-4-10-32-16-21/h3-4,6-8,10,12-13,15-16H,5,9,11,14H2,1-2H3,(H,36,37). The highest BCUT2D eigenvalue weighted by atomic mass is 19.1. The van der Waals surface area contributed by atoms with Crippen LogP contribution in [0, 0.1) is 19.7 Å². The summed E-state index contributed by atoms with van der Waals surface area (Å²) in [5, 5.41) is 14.6. The number of rotatable bonds is 5. The van der Waals surface area contributed by atoms with E-state index in [0.29, 0.717) is 46.9 Å². The maximum atomic E-state index is 15.3. The zero-order valence-corrected chi connectivity index (χ0v) is 21.0.